The summed E-state index contributed by atoms with van der Waals surface area (Å²) >= 11 is 6.22. The molecule has 0 aliphatic carbocycles. The smallest absolute Gasteiger partial charge is 0.140 e. The van der Waals surface area contributed by atoms with Gasteiger partial charge in [0.25, 0.3) is 0 Å². The Morgan fingerprint density at radius 2 is 1.91 bits per heavy atom. The maximum atomic E-state index is 10.9. The highest BCUT2D eigenvalue weighted by atomic mass is 35.5. The molecule has 1 N–H and O–H groups in total. The Hall–Kier alpha value is -2.09. The molecule has 1 aromatic heterocycles. The van der Waals surface area contributed by atoms with E-state index < -0.39 is 5.60 Å². The minimum absolute atomic E-state index is 0.410. The predicted molar refractivity (Wildman–Crippen MR) is 85.7 cm³/mol. The first-order valence-electron chi connectivity index (χ1n) is 7.21. The van der Waals surface area contributed by atoms with Crippen molar-refractivity contribution in [3.63, 3.8) is 0 Å². The van der Waals surface area contributed by atoms with Crippen LogP contribution in [0, 0.1) is 11.3 Å². The van der Waals surface area contributed by atoms with Gasteiger partial charge >= 0.3 is 0 Å². The third-order valence-corrected chi connectivity index (χ3v) is 4.52. The van der Waals surface area contributed by atoms with Gasteiger partial charge in [-0.2, -0.15) is 5.26 Å². The predicted octanol–water partition coefficient (Wildman–Crippen LogP) is 3.09. The molecule has 0 bridgehead atoms. The second kappa shape index (κ2) is 5.96. The lowest BCUT2D eigenvalue weighted by Gasteiger charge is -2.39. The maximum Gasteiger partial charge on any atom is 0.140 e. The minimum Gasteiger partial charge on any atom is -0.385 e. The van der Waals surface area contributed by atoms with Crippen LogP contribution in [-0.2, 0) is 5.60 Å². The van der Waals surface area contributed by atoms with E-state index in [2.05, 4.69) is 9.88 Å². The number of rotatable bonds is 2. The highest BCUT2D eigenvalue weighted by Crippen LogP contribution is 2.37. The van der Waals surface area contributed by atoms with Crippen molar-refractivity contribution < 1.29 is 5.11 Å². The standard InChI is InChI=1S/C17H16ClN3O/c18-16-4-2-1-3-15(16)17(22)7-9-21(10-8-17)14-6-5-13(11-19)20-12-14/h1-6,12,22H,7-10H2. The molecule has 0 unspecified atom stereocenters. The number of nitriles is 1. The molecule has 1 aromatic carbocycles. The summed E-state index contributed by atoms with van der Waals surface area (Å²) in [6, 6.07) is 13.1. The average molecular weight is 314 g/mol. The van der Waals surface area contributed by atoms with Crippen LogP contribution in [0.2, 0.25) is 5.02 Å². The summed E-state index contributed by atoms with van der Waals surface area (Å²) in [4.78, 5) is 6.26. The van der Waals surface area contributed by atoms with E-state index in [4.69, 9.17) is 16.9 Å². The van der Waals surface area contributed by atoms with Crippen molar-refractivity contribution in [2.24, 2.45) is 0 Å². The van der Waals surface area contributed by atoms with Crippen molar-refractivity contribution >= 4 is 17.3 Å². The van der Waals surface area contributed by atoms with E-state index in [1.54, 1.807) is 12.3 Å². The number of benzene rings is 1. The van der Waals surface area contributed by atoms with Crippen LogP contribution in [0.4, 0.5) is 5.69 Å². The first-order valence-corrected chi connectivity index (χ1v) is 7.59. The second-order valence-electron chi connectivity index (χ2n) is 5.51. The quantitative estimate of drug-likeness (QED) is 0.925. The lowest BCUT2D eigenvalue weighted by Crippen LogP contribution is -2.42. The summed E-state index contributed by atoms with van der Waals surface area (Å²) in [5.74, 6) is 0. The molecule has 0 atom stereocenters. The second-order valence-corrected chi connectivity index (χ2v) is 5.92. The van der Waals surface area contributed by atoms with Gasteiger partial charge in [0.15, 0.2) is 0 Å². The molecular formula is C17H16ClN3O. The SMILES string of the molecule is N#Cc1ccc(N2CCC(O)(c3ccccc3Cl)CC2)cn1. The molecule has 5 heteroatoms. The van der Waals surface area contributed by atoms with E-state index in [0.717, 1.165) is 24.3 Å². The minimum atomic E-state index is -0.880. The lowest BCUT2D eigenvalue weighted by atomic mass is 9.84. The van der Waals surface area contributed by atoms with E-state index >= 15 is 0 Å². The number of pyridine rings is 1. The Morgan fingerprint density at radius 3 is 2.50 bits per heavy atom. The topological polar surface area (TPSA) is 60.2 Å². The lowest BCUT2D eigenvalue weighted by molar-refractivity contribution is 0.0119. The molecule has 3 rings (SSSR count). The van der Waals surface area contributed by atoms with Gasteiger partial charge in [-0.1, -0.05) is 29.8 Å². The Kier molecular flexibility index (Phi) is 4.02. The largest absolute Gasteiger partial charge is 0.385 e. The van der Waals surface area contributed by atoms with Crippen LogP contribution in [0.1, 0.15) is 24.1 Å². The van der Waals surface area contributed by atoms with Crippen LogP contribution in [-0.4, -0.2) is 23.2 Å². The van der Waals surface area contributed by atoms with Crippen LogP contribution >= 0.6 is 11.6 Å². The average Bonchev–Trinajstić information content (AvgIpc) is 2.56. The highest BCUT2D eigenvalue weighted by molar-refractivity contribution is 6.31. The fourth-order valence-corrected chi connectivity index (χ4v) is 3.19. The molecule has 4 nitrogen and oxygen atoms in total. The third-order valence-electron chi connectivity index (χ3n) is 4.19. The van der Waals surface area contributed by atoms with Crippen molar-refractivity contribution in [3.05, 3.63) is 58.9 Å². The van der Waals surface area contributed by atoms with Crippen LogP contribution in [0.15, 0.2) is 42.6 Å². The summed E-state index contributed by atoms with van der Waals surface area (Å²) in [6.07, 6.45) is 2.92. The molecule has 2 heterocycles. The first-order chi connectivity index (χ1) is 10.6. The summed E-state index contributed by atoms with van der Waals surface area (Å²) in [5, 5.41) is 20.3. The fraction of sp³-hybridized carbons (Fsp3) is 0.294. The first kappa shape index (κ1) is 14.8. The van der Waals surface area contributed by atoms with Gasteiger partial charge in [-0.3, -0.25) is 0 Å². The number of piperidine rings is 1. The zero-order chi connectivity index (χ0) is 15.6. The monoisotopic (exact) mass is 313 g/mol. The van der Waals surface area contributed by atoms with Gasteiger partial charge in [0, 0.05) is 23.7 Å². The van der Waals surface area contributed by atoms with Crippen molar-refractivity contribution in [1.82, 2.24) is 4.98 Å². The molecular weight excluding hydrogens is 298 g/mol. The van der Waals surface area contributed by atoms with Gasteiger partial charge in [-0.15, -0.1) is 0 Å². The summed E-state index contributed by atoms with van der Waals surface area (Å²) in [5.41, 5.74) is 1.30. The Balaban J connectivity index is 1.74. The van der Waals surface area contributed by atoms with Gasteiger partial charge < -0.3 is 10.0 Å². The number of aromatic nitrogens is 1. The number of aliphatic hydroxyl groups is 1. The van der Waals surface area contributed by atoms with Crippen LogP contribution in [0.5, 0.6) is 0 Å². The normalized spacial score (nSPS) is 17.0. The number of halogens is 1. The van der Waals surface area contributed by atoms with Gasteiger partial charge in [-0.05, 0) is 31.0 Å². The molecule has 1 aliphatic heterocycles. The summed E-state index contributed by atoms with van der Waals surface area (Å²) in [7, 11) is 0. The molecule has 0 saturated carbocycles. The molecule has 1 fully saturated rings. The number of hydrogen-bond donors (Lipinski definition) is 1. The van der Waals surface area contributed by atoms with E-state index in [9.17, 15) is 5.11 Å². The number of hydrogen-bond acceptors (Lipinski definition) is 4. The van der Waals surface area contributed by atoms with Crippen molar-refractivity contribution in [3.8, 4) is 6.07 Å². The van der Waals surface area contributed by atoms with Crippen LogP contribution in [0.25, 0.3) is 0 Å². The molecule has 22 heavy (non-hydrogen) atoms. The van der Waals surface area contributed by atoms with Gasteiger partial charge in [-0.25, -0.2) is 4.98 Å². The van der Waals surface area contributed by atoms with E-state index in [-0.39, 0.29) is 0 Å². The van der Waals surface area contributed by atoms with E-state index in [1.807, 2.05) is 36.4 Å². The molecule has 1 aliphatic rings. The van der Waals surface area contributed by atoms with Crippen LogP contribution in [0.3, 0.4) is 0 Å². The maximum absolute atomic E-state index is 10.9. The molecule has 112 valence electrons. The zero-order valence-electron chi connectivity index (χ0n) is 12.0. The molecule has 2 aromatic rings. The molecule has 0 amide bonds. The molecule has 0 spiro atoms. The third kappa shape index (κ3) is 2.78. The Bertz CT molecular complexity index is 701. The van der Waals surface area contributed by atoms with Gasteiger partial charge in [0.05, 0.1) is 17.5 Å². The van der Waals surface area contributed by atoms with E-state index in [1.165, 1.54) is 0 Å². The fourth-order valence-electron chi connectivity index (χ4n) is 2.88. The zero-order valence-corrected chi connectivity index (χ0v) is 12.8. The van der Waals surface area contributed by atoms with Crippen molar-refractivity contribution in [2.45, 2.75) is 18.4 Å². The summed E-state index contributed by atoms with van der Waals surface area (Å²) in [6.45, 7) is 1.44. The van der Waals surface area contributed by atoms with Crippen molar-refractivity contribution in [1.29, 1.82) is 5.26 Å². The highest BCUT2D eigenvalue weighted by Gasteiger charge is 2.35. The van der Waals surface area contributed by atoms with Gasteiger partial charge in [0.1, 0.15) is 11.8 Å². The Morgan fingerprint density at radius 1 is 1.18 bits per heavy atom. The van der Waals surface area contributed by atoms with E-state index in [0.29, 0.717) is 23.6 Å². The van der Waals surface area contributed by atoms with Gasteiger partial charge in [0.2, 0.25) is 0 Å². The Labute approximate surface area is 134 Å². The summed E-state index contributed by atoms with van der Waals surface area (Å²) < 4.78 is 0. The molecule has 1 saturated heterocycles. The number of nitrogens with zero attached hydrogens (tertiary/aromatic N) is 3. The van der Waals surface area contributed by atoms with Crippen LogP contribution < -0.4 is 4.90 Å². The molecule has 0 radical (unpaired) electrons. The van der Waals surface area contributed by atoms with Crippen molar-refractivity contribution in [2.75, 3.05) is 18.0 Å². The number of anilines is 1.